The van der Waals surface area contributed by atoms with Crippen molar-refractivity contribution in [2.24, 2.45) is 5.41 Å². The standard InChI is InChI=1S/C20H28O3/c1-7-20(6,23)12-8-9-14(2)10-11-16-15(3)18(22)17(21)13-19(16,4)5/h7-12,17,21,23H,1,13H2,2-6H3. The fourth-order valence-corrected chi connectivity index (χ4v) is 2.66. The Bertz CT molecular complexity index is 598. The zero-order chi connectivity index (χ0) is 17.8. The molecule has 126 valence electrons. The first-order valence-corrected chi connectivity index (χ1v) is 7.84. The van der Waals surface area contributed by atoms with Crippen LogP contribution >= 0.6 is 0 Å². The van der Waals surface area contributed by atoms with Crippen LogP contribution in [0.1, 0.15) is 41.0 Å². The third kappa shape index (κ3) is 5.15. The number of hydrogen-bond donors (Lipinski definition) is 2. The number of carbonyl (C=O) groups excluding carboxylic acids is 1. The molecule has 0 radical (unpaired) electrons. The van der Waals surface area contributed by atoms with Crippen molar-refractivity contribution in [3.63, 3.8) is 0 Å². The van der Waals surface area contributed by atoms with Crippen LogP contribution in [0.15, 0.2) is 59.8 Å². The topological polar surface area (TPSA) is 57.5 Å². The minimum absolute atomic E-state index is 0.187. The van der Waals surface area contributed by atoms with Gasteiger partial charge in [0.1, 0.15) is 6.10 Å². The summed E-state index contributed by atoms with van der Waals surface area (Å²) in [5.41, 5.74) is 1.32. The Hall–Kier alpha value is -1.71. The van der Waals surface area contributed by atoms with Crippen LogP contribution in [0.5, 0.6) is 0 Å². The van der Waals surface area contributed by atoms with Gasteiger partial charge in [0.2, 0.25) is 0 Å². The van der Waals surface area contributed by atoms with Crippen molar-refractivity contribution in [1.29, 1.82) is 0 Å². The molecule has 1 aliphatic carbocycles. The number of ketones is 1. The Balaban J connectivity index is 2.99. The number of allylic oxidation sites excluding steroid dienone is 6. The van der Waals surface area contributed by atoms with Crippen LogP contribution in [0, 0.1) is 5.41 Å². The van der Waals surface area contributed by atoms with Crippen molar-refractivity contribution in [3.8, 4) is 0 Å². The molecule has 2 atom stereocenters. The quantitative estimate of drug-likeness (QED) is 0.601. The Morgan fingerprint density at radius 3 is 2.61 bits per heavy atom. The summed E-state index contributed by atoms with van der Waals surface area (Å²) in [7, 11) is 0. The lowest BCUT2D eigenvalue weighted by Crippen LogP contribution is -2.35. The van der Waals surface area contributed by atoms with E-state index in [1.165, 1.54) is 6.08 Å². The number of rotatable bonds is 5. The van der Waals surface area contributed by atoms with E-state index in [1.807, 2.05) is 39.0 Å². The molecule has 0 heterocycles. The summed E-state index contributed by atoms with van der Waals surface area (Å²) < 4.78 is 0. The molecule has 0 saturated carbocycles. The van der Waals surface area contributed by atoms with Gasteiger partial charge in [-0.3, -0.25) is 4.79 Å². The molecular weight excluding hydrogens is 288 g/mol. The first kappa shape index (κ1) is 19.3. The predicted octanol–water partition coefficient (Wildman–Crippen LogP) is 3.66. The van der Waals surface area contributed by atoms with Crippen molar-refractivity contribution >= 4 is 5.78 Å². The molecule has 0 aliphatic heterocycles. The monoisotopic (exact) mass is 316 g/mol. The molecule has 3 nitrogen and oxygen atoms in total. The second-order valence-electron chi connectivity index (χ2n) is 7.04. The van der Waals surface area contributed by atoms with Crippen LogP contribution in [0.2, 0.25) is 0 Å². The van der Waals surface area contributed by atoms with Crippen LogP contribution < -0.4 is 0 Å². The van der Waals surface area contributed by atoms with Gasteiger partial charge in [-0.1, -0.05) is 56.4 Å². The minimum atomic E-state index is -1.02. The zero-order valence-electron chi connectivity index (χ0n) is 14.8. The van der Waals surface area contributed by atoms with E-state index in [-0.39, 0.29) is 11.2 Å². The van der Waals surface area contributed by atoms with Crippen LogP contribution in [0.25, 0.3) is 0 Å². The van der Waals surface area contributed by atoms with E-state index >= 15 is 0 Å². The van der Waals surface area contributed by atoms with E-state index in [9.17, 15) is 15.0 Å². The molecule has 0 bridgehead atoms. The van der Waals surface area contributed by atoms with Crippen LogP contribution in [-0.2, 0) is 4.79 Å². The number of hydrogen-bond acceptors (Lipinski definition) is 3. The van der Waals surface area contributed by atoms with Crippen LogP contribution in [0.3, 0.4) is 0 Å². The van der Waals surface area contributed by atoms with E-state index in [0.29, 0.717) is 12.0 Å². The van der Waals surface area contributed by atoms with Crippen molar-refractivity contribution < 1.29 is 15.0 Å². The van der Waals surface area contributed by atoms with Crippen molar-refractivity contribution in [2.75, 3.05) is 0 Å². The van der Waals surface area contributed by atoms with Gasteiger partial charge in [0, 0.05) is 0 Å². The normalized spacial score (nSPS) is 25.3. The molecule has 1 aliphatic rings. The SMILES string of the molecule is C=CC(C)(O)C=CC=C(C)C=CC1=C(C)C(=O)C(O)CC1(C)C. The number of aliphatic hydroxyl groups is 2. The van der Waals surface area contributed by atoms with Crippen molar-refractivity contribution in [1.82, 2.24) is 0 Å². The molecule has 3 heteroatoms. The third-order valence-corrected chi connectivity index (χ3v) is 4.23. The average Bonchev–Trinajstić information content (AvgIpc) is 2.44. The molecule has 1 rings (SSSR count). The Morgan fingerprint density at radius 1 is 1.43 bits per heavy atom. The Kier molecular flexibility index (Phi) is 6.09. The first-order valence-electron chi connectivity index (χ1n) is 7.84. The van der Waals surface area contributed by atoms with Gasteiger partial charge in [-0.15, -0.1) is 0 Å². The fraction of sp³-hybridized carbons (Fsp3) is 0.450. The summed E-state index contributed by atoms with van der Waals surface area (Å²) in [6, 6.07) is 0. The highest BCUT2D eigenvalue weighted by atomic mass is 16.3. The van der Waals surface area contributed by atoms with Gasteiger partial charge < -0.3 is 10.2 Å². The predicted molar refractivity (Wildman–Crippen MR) is 95.0 cm³/mol. The number of carbonyl (C=O) groups is 1. The van der Waals surface area contributed by atoms with E-state index in [1.54, 1.807) is 26.0 Å². The molecule has 0 aromatic carbocycles. The van der Waals surface area contributed by atoms with Gasteiger partial charge in [0.15, 0.2) is 5.78 Å². The lowest BCUT2D eigenvalue weighted by Gasteiger charge is -2.34. The third-order valence-electron chi connectivity index (χ3n) is 4.23. The first-order chi connectivity index (χ1) is 10.5. The summed E-state index contributed by atoms with van der Waals surface area (Å²) in [6.07, 6.45) is 10.2. The maximum atomic E-state index is 12.0. The van der Waals surface area contributed by atoms with Crippen molar-refractivity contribution in [2.45, 2.75) is 52.7 Å². The maximum Gasteiger partial charge on any atom is 0.187 e. The van der Waals surface area contributed by atoms with Gasteiger partial charge in [-0.25, -0.2) is 0 Å². The lowest BCUT2D eigenvalue weighted by molar-refractivity contribution is -0.125. The number of Topliss-reactive ketones (excluding diaryl/α,β-unsaturated/α-hetero) is 1. The fourth-order valence-electron chi connectivity index (χ4n) is 2.66. The molecular formula is C20H28O3. The summed E-state index contributed by atoms with van der Waals surface area (Å²) in [5.74, 6) is -0.187. The summed E-state index contributed by atoms with van der Waals surface area (Å²) in [4.78, 5) is 12.0. The molecule has 0 spiro atoms. The molecule has 0 amide bonds. The molecule has 0 saturated heterocycles. The largest absolute Gasteiger partial charge is 0.385 e. The molecule has 2 N–H and O–H groups in total. The summed E-state index contributed by atoms with van der Waals surface area (Å²) >= 11 is 0. The molecule has 2 unspecified atom stereocenters. The zero-order valence-corrected chi connectivity index (χ0v) is 14.8. The van der Waals surface area contributed by atoms with Crippen LogP contribution in [-0.4, -0.2) is 27.7 Å². The minimum Gasteiger partial charge on any atom is -0.385 e. The number of aliphatic hydroxyl groups excluding tert-OH is 1. The van der Waals surface area contributed by atoms with E-state index < -0.39 is 11.7 Å². The van der Waals surface area contributed by atoms with E-state index in [2.05, 4.69) is 6.58 Å². The average molecular weight is 316 g/mol. The van der Waals surface area contributed by atoms with E-state index in [0.717, 1.165) is 11.1 Å². The second kappa shape index (κ2) is 7.24. The Labute approximate surface area is 139 Å². The maximum absolute atomic E-state index is 12.0. The van der Waals surface area contributed by atoms with Crippen LogP contribution in [0.4, 0.5) is 0 Å². The highest BCUT2D eigenvalue weighted by Crippen LogP contribution is 2.39. The van der Waals surface area contributed by atoms with E-state index in [4.69, 9.17) is 0 Å². The van der Waals surface area contributed by atoms with Gasteiger partial charge in [-0.2, -0.15) is 0 Å². The smallest absolute Gasteiger partial charge is 0.187 e. The van der Waals surface area contributed by atoms with Crippen molar-refractivity contribution in [3.05, 3.63) is 59.8 Å². The summed E-state index contributed by atoms with van der Waals surface area (Å²) in [6.45, 7) is 13.0. The second-order valence-corrected chi connectivity index (χ2v) is 7.04. The Morgan fingerprint density at radius 2 is 2.04 bits per heavy atom. The molecule has 23 heavy (non-hydrogen) atoms. The van der Waals surface area contributed by atoms with Gasteiger partial charge in [-0.05, 0) is 49.8 Å². The molecule has 0 aromatic heterocycles. The molecule has 0 aromatic rings. The molecule has 0 fully saturated rings. The van der Waals surface area contributed by atoms with Gasteiger partial charge >= 0.3 is 0 Å². The highest BCUT2D eigenvalue weighted by Gasteiger charge is 2.36. The van der Waals surface area contributed by atoms with Gasteiger partial charge in [0.05, 0.1) is 5.60 Å². The highest BCUT2D eigenvalue weighted by molar-refractivity contribution is 6.00. The van der Waals surface area contributed by atoms with Gasteiger partial charge in [0.25, 0.3) is 0 Å². The lowest BCUT2D eigenvalue weighted by atomic mass is 9.71. The summed E-state index contributed by atoms with van der Waals surface area (Å²) in [5, 5.41) is 19.6.